The van der Waals surface area contributed by atoms with Crippen molar-refractivity contribution in [1.29, 1.82) is 0 Å². The number of urea groups is 1. The number of ether oxygens (including phenoxy) is 1. The van der Waals surface area contributed by atoms with Crippen LogP contribution in [0.25, 0.3) is 0 Å². The van der Waals surface area contributed by atoms with Crippen LogP contribution in [0.2, 0.25) is 0 Å². The fourth-order valence-electron chi connectivity index (χ4n) is 3.07. The summed E-state index contributed by atoms with van der Waals surface area (Å²) < 4.78 is 5.69. The van der Waals surface area contributed by atoms with Gasteiger partial charge in [0.1, 0.15) is 11.8 Å². The summed E-state index contributed by atoms with van der Waals surface area (Å²) in [6.07, 6.45) is 0.745. The molecule has 1 heterocycles. The predicted octanol–water partition coefficient (Wildman–Crippen LogP) is 2.69. The maximum Gasteiger partial charge on any atom is 0.321 e. The number of nitrogens with one attached hydrogen (secondary N) is 3. The van der Waals surface area contributed by atoms with E-state index in [9.17, 15) is 9.59 Å². The Balaban J connectivity index is 1.83. The van der Waals surface area contributed by atoms with Crippen LogP contribution in [0, 0.1) is 0 Å². The van der Waals surface area contributed by atoms with Gasteiger partial charge in [0.25, 0.3) is 0 Å². The highest BCUT2D eigenvalue weighted by molar-refractivity contribution is 5.97. The van der Waals surface area contributed by atoms with Gasteiger partial charge in [0.15, 0.2) is 0 Å². The van der Waals surface area contributed by atoms with E-state index in [2.05, 4.69) is 16.0 Å². The number of fused-ring (bicyclic) bond motifs is 1. The fourth-order valence-corrected chi connectivity index (χ4v) is 3.07. The molecule has 1 aliphatic heterocycles. The molecule has 3 amide bonds. The Labute approximate surface area is 152 Å². The maximum absolute atomic E-state index is 12.7. The first-order chi connectivity index (χ1) is 12.7. The molecule has 6 heteroatoms. The number of rotatable bonds is 5. The lowest BCUT2D eigenvalue weighted by Gasteiger charge is -2.30. The number of hydrogen-bond acceptors (Lipinski definition) is 4. The number of carbonyl (C=O) groups excluding carboxylic acids is 2. The molecule has 0 aromatic heterocycles. The lowest BCUT2D eigenvalue weighted by molar-refractivity contribution is -0.122. The van der Waals surface area contributed by atoms with Gasteiger partial charge in [-0.1, -0.05) is 48.5 Å². The lowest BCUT2D eigenvalue weighted by Crippen LogP contribution is -2.46. The van der Waals surface area contributed by atoms with E-state index in [4.69, 9.17) is 4.74 Å². The normalized spacial score (nSPS) is 16.7. The van der Waals surface area contributed by atoms with Gasteiger partial charge in [-0.3, -0.25) is 15.4 Å². The van der Waals surface area contributed by atoms with E-state index < -0.39 is 12.1 Å². The predicted molar refractivity (Wildman–Crippen MR) is 98.8 cm³/mol. The molecule has 0 spiro atoms. The molecule has 2 aromatic rings. The zero-order valence-electron chi connectivity index (χ0n) is 14.7. The molecule has 0 fully saturated rings. The van der Waals surface area contributed by atoms with E-state index in [0.29, 0.717) is 13.2 Å². The number of para-hydroxylation sites is 1. The monoisotopic (exact) mass is 353 g/mol. The fraction of sp³-hybridized carbons (Fsp3) is 0.300. The molecule has 6 nitrogen and oxygen atoms in total. The second-order valence-electron chi connectivity index (χ2n) is 6.09. The van der Waals surface area contributed by atoms with E-state index in [1.165, 1.54) is 0 Å². The van der Waals surface area contributed by atoms with Crippen LogP contribution in [0.3, 0.4) is 0 Å². The third kappa shape index (κ3) is 4.21. The van der Waals surface area contributed by atoms with Crippen LogP contribution in [-0.4, -0.2) is 25.1 Å². The Hall–Kier alpha value is -2.86. The van der Waals surface area contributed by atoms with E-state index in [1.54, 1.807) is 6.92 Å². The van der Waals surface area contributed by atoms with Crippen molar-refractivity contribution in [2.45, 2.75) is 25.4 Å². The summed E-state index contributed by atoms with van der Waals surface area (Å²) in [7, 11) is 0. The van der Waals surface area contributed by atoms with Crippen molar-refractivity contribution in [2.24, 2.45) is 0 Å². The van der Waals surface area contributed by atoms with Crippen LogP contribution in [0.4, 0.5) is 4.79 Å². The Morgan fingerprint density at radius 3 is 2.62 bits per heavy atom. The summed E-state index contributed by atoms with van der Waals surface area (Å²) in [5.74, 6) is 0.443. The van der Waals surface area contributed by atoms with Crippen molar-refractivity contribution in [1.82, 2.24) is 16.0 Å². The molecule has 0 radical (unpaired) electrons. The molecule has 2 atom stereocenters. The van der Waals surface area contributed by atoms with Crippen LogP contribution in [0.5, 0.6) is 5.75 Å². The molecular formula is C20H23N3O3. The van der Waals surface area contributed by atoms with Crippen LogP contribution < -0.4 is 20.7 Å². The van der Waals surface area contributed by atoms with Crippen LogP contribution in [0.15, 0.2) is 54.6 Å². The Morgan fingerprint density at radius 2 is 1.85 bits per heavy atom. The zero-order chi connectivity index (χ0) is 18.4. The smallest absolute Gasteiger partial charge is 0.321 e. The highest BCUT2D eigenvalue weighted by Crippen LogP contribution is 2.33. The lowest BCUT2D eigenvalue weighted by atomic mass is 9.97. The van der Waals surface area contributed by atoms with Gasteiger partial charge < -0.3 is 10.1 Å². The Morgan fingerprint density at radius 1 is 1.12 bits per heavy atom. The molecule has 0 unspecified atom stereocenters. The van der Waals surface area contributed by atoms with Crippen molar-refractivity contribution in [3.63, 3.8) is 0 Å². The van der Waals surface area contributed by atoms with Crippen molar-refractivity contribution < 1.29 is 14.3 Å². The number of hydrogen-bond donors (Lipinski definition) is 3. The van der Waals surface area contributed by atoms with Crippen molar-refractivity contribution in [2.75, 3.05) is 13.2 Å². The van der Waals surface area contributed by atoms with Gasteiger partial charge in [-0.15, -0.1) is 0 Å². The highest BCUT2D eigenvalue weighted by atomic mass is 16.5. The summed E-state index contributed by atoms with van der Waals surface area (Å²) >= 11 is 0. The van der Waals surface area contributed by atoms with Gasteiger partial charge in [-0.25, -0.2) is 4.79 Å². The SMILES string of the molecule is CCNC(=O)NC(=O)[C@@H](N[C@H]1CCOc2ccccc21)c1ccccc1. The van der Waals surface area contributed by atoms with Crippen molar-refractivity contribution in [3.8, 4) is 5.75 Å². The molecule has 0 saturated carbocycles. The average molecular weight is 353 g/mol. The largest absolute Gasteiger partial charge is 0.493 e. The first-order valence-corrected chi connectivity index (χ1v) is 8.80. The summed E-state index contributed by atoms with van der Waals surface area (Å²) in [6.45, 7) is 2.83. The minimum absolute atomic E-state index is 0.0369. The minimum atomic E-state index is -0.644. The summed E-state index contributed by atoms with van der Waals surface area (Å²) in [5, 5.41) is 8.40. The summed E-state index contributed by atoms with van der Waals surface area (Å²) in [4.78, 5) is 24.5. The topological polar surface area (TPSA) is 79.5 Å². The number of benzene rings is 2. The van der Waals surface area contributed by atoms with E-state index in [0.717, 1.165) is 23.3 Å². The van der Waals surface area contributed by atoms with Gasteiger partial charge in [0, 0.05) is 24.6 Å². The molecule has 3 rings (SSSR count). The van der Waals surface area contributed by atoms with Crippen LogP contribution in [0.1, 0.15) is 36.6 Å². The summed E-state index contributed by atoms with van der Waals surface area (Å²) in [5.41, 5.74) is 1.82. The molecule has 3 N–H and O–H groups in total. The molecule has 136 valence electrons. The quantitative estimate of drug-likeness (QED) is 0.772. The van der Waals surface area contributed by atoms with Gasteiger partial charge in [-0.2, -0.15) is 0 Å². The number of amides is 3. The van der Waals surface area contributed by atoms with E-state index in [1.807, 2.05) is 54.6 Å². The molecule has 2 aromatic carbocycles. The third-order valence-electron chi connectivity index (χ3n) is 4.30. The number of imide groups is 1. The maximum atomic E-state index is 12.7. The Kier molecular flexibility index (Phi) is 5.86. The minimum Gasteiger partial charge on any atom is -0.493 e. The highest BCUT2D eigenvalue weighted by Gasteiger charge is 2.28. The molecule has 0 saturated heterocycles. The van der Waals surface area contributed by atoms with Crippen molar-refractivity contribution >= 4 is 11.9 Å². The second-order valence-corrected chi connectivity index (χ2v) is 6.09. The van der Waals surface area contributed by atoms with Gasteiger partial charge in [0.05, 0.1) is 6.61 Å². The third-order valence-corrected chi connectivity index (χ3v) is 4.30. The summed E-state index contributed by atoms with van der Waals surface area (Å²) in [6, 6.07) is 16.0. The zero-order valence-corrected chi connectivity index (χ0v) is 14.7. The molecule has 0 bridgehead atoms. The molecular weight excluding hydrogens is 330 g/mol. The van der Waals surface area contributed by atoms with Crippen LogP contribution >= 0.6 is 0 Å². The Bertz CT molecular complexity index is 764. The second kappa shape index (κ2) is 8.49. The van der Waals surface area contributed by atoms with Gasteiger partial charge in [-0.05, 0) is 18.6 Å². The molecule has 0 aliphatic carbocycles. The van der Waals surface area contributed by atoms with Gasteiger partial charge >= 0.3 is 6.03 Å². The van der Waals surface area contributed by atoms with E-state index in [-0.39, 0.29) is 11.9 Å². The first-order valence-electron chi connectivity index (χ1n) is 8.80. The van der Waals surface area contributed by atoms with Gasteiger partial charge in [0.2, 0.25) is 5.91 Å². The average Bonchev–Trinajstić information content (AvgIpc) is 2.67. The van der Waals surface area contributed by atoms with Crippen molar-refractivity contribution in [3.05, 3.63) is 65.7 Å². The molecule has 26 heavy (non-hydrogen) atoms. The standard InChI is InChI=1S/C20H23N3O3/c1-2-21-20(25)23-19(24)18(14-8-4-3-5-9-14)22-16-12-13-26-17-11-7-6-10-15(16)17/h3-11,16,18,22H,2,12-13H2,1H3,(H2,21,23,24,25)/t16-,18-/m0/s1. The van der Waals surface area contributed by atoms with Crippen LogP contribution in [-0.2, 0) is 4.79 Å². The number of carbonyl (C=O) groups is 2. The molecule has 1 aliphatic rings. The van der Waals surface area contributed by atoms with E-state index >= 15 is 0 Å². The first kappa shape index (κ1) is 17.9.